The maximum Gasteiger partial charge on any atom is 0.331 e. The first-order chi connectivity index (χ1) is 32.9. The lowest BCUT2D eigenvalue weighted by atomic mass is 9.89. The zero-order valence-electron chi connectivity index (χ0n) is 34.8. The zero-order chi connectivity index (χ0) is 46.6. The number of carboxylic acids is 4. The van der Waals surface area contributed by atoms with E-state index in [-0.39, 0.29) is 0 Å². The fraction of sp³-hybridized carbons (Fsp3) is 0.0769. The molecule has 0 saturated heterocycles. The highest BCUT2D eigenvalue weighted by molar-refractivity contribution is 6.36. The van der Waals surface area contributed by atoms with Gasteiger partial charge in [0.05, 0.1) is 43.9 Å². The summed E-state index contributed by atoms with van der Waals surface area (Å²) in [6, 6.07) is 25.9. The number of aliphatic carboxylic acids is 4. The van der Waals surface area contributed by atoms with Crippen molar-refractivity contribution in [1.29, 1.82) is 0 Å². The van der Waals surface area contributed by atoms with E-state index in [1.54, 1.807) is 12.1 Å². The molecule has 8 aliphatic rings. The molecular weight excluding hydrogens is 908 g/mol. The van der Waals surface area contributed by atoms with Crippen LogP contribution in [0.1, 0.15) is 69.2 Å². The molecule has 0 fully saturated rings. The summed E-state index contributed by atoms with van der Waals surface area (Å²) >= 11 is 14.3. The van der Waals surface area contributed by atoms with Crippen LogP contribution in [0.3, 0.4) is 0 Å². The topological polar surface area (TPSA) is 213 Å². The lowest BCUT2D eigenvalue weighted by Crippen LogP contribution is -2.39. The van der Waals surface area contributed by atoms with Gasteiger partial charge in [-0.15, -0.1) is 0 Å². The smallest absolute Gasteiger partial charge is 0.331 e. The number of aromatic nitrogens is 4. The van der Waals surface area contributed by atoms with Crippen molar-refractivity contribution in [3.63, 3.8) is 0 Å². The number of halogens is 2. The van der Waals surface area contributed by atoms with Crippen LogP contribution < -0.4 is 9.80 Å². The maximum absolute atomic E-state index is 12.5. The number of anilines is 2. The van der Waals surface area contributed by atoms with Crippen LogP contribution in [0.2, 0.25) is 10.0 Å². The molecule has 15 rings (SSSR count). The number of rotatable bonds is 8. The van der Waals surface area contributed by atoms with Crippen LogP contribution in [0, 0.1) is 0 Å². The molecular formula is C52H30Cl2N6O8. The summed E-state index contributed by atoms with van der Waals surface area (Å²) in [4.78, 5) is 69.1. The second-order valence-electron chi connectivity index (χ2n) is 17.2. The quantitative estimate of drug-likeness (QED) is 0.0840. The van der Waals surface area contributed by atoms with Gasteiger partial charge < -0.3 is 40.2 Å². The zero-order valence-corrected chi connectivity index (χ0v) is 36.3. The molecule has 4 unspecified atom stereocenters. The van der Waals surface area contributed by atoms with Crippen LogP contribution in [0.5, 0.6) is 0 Å². The minimum atomic E-state index is -1.11. The molecule has 68 heavy (non-hydrogen) atoms. The van der Waals surface area contributed by atoms with E-state index >= 15 is 0 Å². The number of H-pyrrole nitrogens is 2. The summed E-state index contributed by atoms with van der Waals surface area (Å²) in [5.74, 6) is -4.39. The van der Waals surface area contributed by atoms with E-state index in [1.165, 1.54) is 9.80 Å². The molecule has 3 aromatic heterocycles. The largest absolute Gasteiger partial charge is 0.479 e. The first kappa shape index (κ1) is 39.9. The van der Waals surface area contributed by atoms with Crippen LogP contribution in [-0.4, -0.2) is 64.2 Å². The van der Waals surface area contributed by atoms with Gasteiger partial charge in [-0.05, 0) is 94.1 Å². The third-order valence-corrected chi connectivity index (χ3v) is 14.6. The van der Waals surface area contributed by atoms with Gasteiger partial charge in [0.1, 0.15) is 0 Å². The lowest BCUT2D eigenvalue weighted by Gasteiger charge is -2.35. The number of hydrogen-bond acceptors (Lipinski definition) is 8. The van der Waals surface area contributed by atoms with Crippen molar-refractivity contribution in [3.8, 4) is 44.5 Å². The van der Waals surface area contributed by atoms with Gasteiger partial charge in [-0.3, -0.25) is 0 Å². The van der Waals surface area contributed by atoms with Crippen molar-refractivity contribution < 1.29 is 39.6 Å². The lowest BCUT2D eigenvalue weighted by molar-refractivity contribution is -0.142. The second kappa shape index (κ2) is 14.0. The molecule has 11 heterocycles. The Morgan fingerprint density at radius 1 is 0.412 bits per heavy atom. The average Bonchev–Trinajstić information content (AvgIpc) is 4.18. The molecule has 14 nitrogen and oxygen atoms in total. The summed E-state index contributed by atoms with van der Waals surface area (Å²) in [5.41, 5.74) is 14.0. The molecule has 0 radical (unpaired) electrons. The summed E-state index contributed by atoms with van der Waals surface area (Å²) in [6.45, 7) is 0. The third-order valence-electron chi connectivity index (χ3n) is 13.8. The molecule has 4 aromatic carbocycles. The van der Waals surface area contributed by atoms with Crippen LogP contribution in [-0.2, 0) is 19.2 Å². The summed E-state index contributed by atoms with van der Waals surface area (Å²) in [5, 5.41) is 40.9. The normalized spacial score (nSPS) is 18.4. The van der Waals surface area contributed by atoms with Crippen LogP contribution in [0.15, 0.2) is 97.1 Å². The number of carboxylic acid groups (broad SMARTS) is 4. The number of carbonyl (C=O) groups is 4. The average molecular weight is 938 g/mol. The SMILES string of the molecule is O=C(O)C1c2c(-c3ccc(-c4c5nc(c(Cl)c6ccc([nH]6)c(-c6ccc(-c7ccc8c9c7C(C(=O)O)N8C9C(=O)O)cc6)c6nc(c(Cl)c7ccc4[nH]7)C=C6)C=C5)cc3)ccc3c2C(C(=O)O)N31. The molecule has 8 aliphatic heterocycles. The van der Waals surface area contributed by atoms with E-state index in [0.717, 1.165) is 33.4 Å². The van der Waals surface area contributed by atoms with Gasteiger partial charge in [0.15, 0.2) is 24.2 Å². The standard InChI is InChI=1S/C52H30Cl2N6O8/c53-43-31-15-11-27(55-31)37(23-5-1-21(2-6-23)25-9-19-35-41-39(25)45(49(61)62)59(35)47(41)51(65)66)28-12-16-32(56-28)44(54)34-18-14-30(58-34)38(29-13-17-33(43)57-29)24-7-3-22(4-8-24)26-10-20-36-42-40(26)46(50(63)64)60(36)48(42)52(67)68/h1-20,45-48,55,58H,(H,61,62)(H,63,64)(H,65,66)(H,67,68). The number of nitrogens with zero attached hydrogens (tertiary/aromatic N) is 4. The minimum Gasteiger partial charge on any atom is -0.479 e. The van der Waals surface area contributed by atoms with E-state index in [1.807, 2.05) is 109 Å². The Morgan fingerprint density at radius 3 is 1.10 bits per heavy atom. The van der Waals surface area contributed by atoms with Gasteiger partial charge in [-0.25, -0.2) is 29.1 Å². The predicted molar refractivity (Wildman–Crippen MR) is 257 cm³/mol. The van der Waals surface area contributed by atoms with Crippen LogP contribution >= 0.6 is 23.2 Å². The fourth-order valence-corrected chi connectivity index (χ4v) is 11.4. The van der Waals surface area contributed by atoms with E-state index in [0.29, 0.717) is 99.6 Å². The van der Waals surface area contributed by atoms with Gasteiger partial charge in [-0.2, -0.15) is 0 Å². The third kappa shape index (κ3) is 5.34. The highest BCUT2D eigenvalue weighted by Crippen LogP contribution is 2.62. The highest BCUT2D eigenvalue weighted by atomic mass is 35.5. The van der Waals surface area contributed by atoms with E-state index in [2.05, 4.69) is 9.97 Å². The molecule has 0 spiro atoms. The molecule has 0 saturated carbocycles. The van der Waals surface area contributed by atoms with Crippen molar-refractivity contribution in [1.82, 2.24) is 19.9 Å². The van der Waals surface area contributed by atoms with Gasteiger partial charge in [0, 0.05) is 55.8 Å². The number of benzene rings is 4. The summed E-state index contributed by atoms with van der Waals surface area (Å²) < 4.78 is 0. The first-order valence-electron chi connectivity index (χ1n) is 21.4. The van der Waals surface area contributed by atoms with Crippen molar-refractivity contribution in [2.24, 2.45) is 0 Å². The highest BCUT2D eigenvalue weighted by Gasteiger charge is 2.58. The van der Waals surface area contributed by atoms with E-state index in [9.17, 15) is 39.6 Å². The van der Waals surface area contributed by atoms with Gasteiger partial charge in [0.25, 0.3) is 0 Å². The van der Waals surface area contributed by atoms with Gasteiger partial charge in [0.2, 0.25) is 0 Å². The first-order valence-corrected chi connectivity index (χ1v) is 22.1. The van der Waals surface area contributed by atoms with E-state index < -0.39 is 48.0 Å². The Kier molecular flexibility index (Phi) is 8.22. The van der Waals surface area contributed by atoms with Crippen LogP contribution in [0.25, 0.3) is 90.9 Å². The minimum absolute atomic E-state index is 0.368. The molecule has 16 bridgehead atoms. The Labute approximate surface area is 393 Å². The summed E-state index contributed by atoms with van der Waals surface area (Å²) in [7, 11) is 0. The van der Waals surface area contributed by atoms with E-state index in [4.69, 9.17) is 33.2 Å². The maximum atomic E-state index is 12.5. The van der Waals surface area contributed by atoms with Crippen molar-refractivity contribution in [2.45, 2.75) is 24.2 Å². The van der Waals surface area contributed by atoms with Gasteiger partial charge >= 0.3 is 23.9 Å². The fourth-order valence-electron chi connectivity index (χ4n) is 11.0. The number of nitrogens with one attached hydrogen (secondary N) is 2. The number of fused-ring (bicyclic) bond motifs is 8. The number of hydrogen-bond donors (Lipinski definition) is 6. The van der Waals surface area contributed by atoms with Crippen molar-refractivity contribution in [3.05, 3.63) is 152 Å². The van der Waals surface area contributed by atoms with Crippen molar-refractivity contribution >= 4 is 105 Å². The Hall–Kier alpha value is -8.46. The Bertz CT molecular complexity index is 3540. The molecule has 0 aliphatic carbocycles. The van der Waals surface area contributed by atoms with Gasteiger partial charge in [-0.1, -0.05) is 83.9 Å². The second-order valence-corrected chi connectivity index (χ2v) is 18.0. The molecule has 0 amide bonds. The predicted octanol–water partition coefficient (Wildman–Crippen LogP) is 10.8. The molecule has 6 N–H and O–H groups in total. The Balaban J connectivity index is 0.930. The molecule has 16 heteroatoms. The summed E-state index contributed by atoms with van der Waals surface area (Å²) in [6.07, 6.45) is 7.44. The van der Waals surface area contributed by atoms with Crippen molar-refractivity contribution in [2.75, 3.05) is 9.80 Å². The molecule has 7 aromatic rings. The molecule has 4 atom stereocenters. The van der Waals surface area contributed by atoms with Crippen LogP contribution in [0.4, 0.5) is 11.4 Å². The monoisotopic (exact) mass is 936 g/mol. The Morgan fingerprint density at radius 2 is 0.735 bits per heavy atom. The number of aromatic amines is 2. The molecule has 330 valence electrons.